The lowest BCUT2D eigenvalue weighted by Crippen LogP contribution is -2.62. The van der Waals surface area contributed by atoms with E-state index in [2.05, 4.69) is 10.6 Å². The van der Waals surface area contributed by atoms with E-state index in [4.69, 9.17) is 5.73 Å². The molecular weight excluding hydrogens is 400 g/mol. The first-order valence-corrected chi connectivity index (χ1v) is 10.6. The Hall–Kier alpha value is -2.94. The van der Waals surface area contributed by atoms with E-state index in [0.29, 0.717) is 25.4 Å². The Labute approximate surface area is 182 Å². The van der Waals surface area contributed by atoms with E-state index in [-0.39, 0.29) is 31.2 Å². The molecule has 3 atom stereocenters. The molecule has 5 N–H and O–H groups in total. The standard InChI is InChI=1S/C22H32N4O5/c1-14(2)12-17-21(29)26(11-10-24-17)18(13-15-6-4-3-5-7-15)20(28)25-16(22(30)31)8-9-19(23)27/h3-7,14,16-18,24H,8-13H2,1-2H3,(H2,23,27)(H,25,28)(H,30,31)/t16-,17-,18-/m0/s1. The maximum atomic E-state index is 13.2. The Morgan fingerprint density at radius 3 is 2.52 bits per heavy atom. The van der Waals surface area contributed by atoms with E-state index in [1.165, 1.54) is 0 Å². The molecule has 0 saturated carbocycles. The second-order valence-corrected chi connectivity index (χ2v) is 8.28. The number of carboxylic acids is 1. The van der Waals surface area contributed by atoms with Gasteiger partial charge in [-0.2, -0.15) is 0 Å². The lowest BCUT2D eigenvalue weighted by atomic mass is 9.97. The Balaban J connectivity index is 2.24. The molecular formula is C22H32N4O5. The minimum atomic E-state index is -1.26. The molecule has 1 aliphatic heterocycles. The summed E-state index contributed by atoms with van der Waals surface area (Å²) in [6, 6.07) is 6.77. The van der Waals surface area contributed by atoms with Gasteiger partial charge in [-0.15, -0.1) is 0 Å². The van der Waals surface area contributed by atoms with Crippen LogP contribution >= 0.6 is 0 Å². The fourth-order valence-corrected chi connectivity index (χ4v) is 3.72. The van der Waals surface area contributed by atoms with Crippen LogP contribution in [0.25, 0.3) is 0 Å². The number of primary amides is 1. The van der Waals surface area contributed by atoms with E-state index in [0.717, 1.165) is 5.56 Å². The van der Waals surface area contributed by atoms with Crippen LogP contribution in [0.1, 0.15) is 38.7 Å². The second kappa shape index (κ2) is 11.5. The number of hydrogen-bond donors (Lipinski definition) is 4. The zero-order valence-electron chi connectivity index (χ0n) is 18.0. The summed E-state index contributed by atoms with van der Waals surface area (Å²) in [4.78, 5) is 50.5. The number of carbonyl (C=O) groups is 4. The number of nitrogens with two attached hydrogens (primary N) is 1. The Morgan fingerprint density at radius 2 is 1.94 bits per heavy atom. The molecule has 0 unspecified atom stereocenters. The number of aliphatic carboxylic acids is 1. The molecule has 2 rings (SSSR count). The summed E-state index contributed by atoms with van der Waals surface area (Å²) in [5.74, 6) is -2.32. The quantitative estimate of drug-likeness (QED) is 0.396. The number of nitrogens with one attached hydrogen (secondary N) is 2. The number of rotatable bonds is 11. The molecule has 1 aromatic carbocycles. The molecule has 1 aromatic rings. The van der Waals surface area contributed by atoms with E-state index >= 15 is 0 Å². The summed E-state index contributed by atoms with van der Waals surface area (Å²) in [6.45, 7) is 4.94. The second-order valence-electron chi connectivity index (χ2n) is 8.28. The summed E-state index contributed by atoms with van der Waals surface area (Å²) in [5, 5.41) is 15.2. The first-order chi connectivity index (χ1) is 14.7. The van der Waals surface area contributed by atoms with Crippen LogP contribution in [0, 0.1) is 5.92 Å². The molecule has 170 valence electrons. The minimum absolute atomic E-state index is 0.111. The van der Waals surface area contributed by atoms with Crippen LogP contribution in [0.15, 0.2) is 30.3 Å². The first kappa shape index (κ1) is 24.3. The third-order valence-electron chi connectivity index (χ3n) is 5.28. The Morgan fingerprint density at radius 1 is 1.26 bits per heavy atom. The van der Waals surface area contributed by atoms with Crippen molar-refractivity contribution in [2.75, 3.05) is 13.1 Å². The highest BCUT2D eigenvalue weighted by atomic mass is 16.4. The summed E-state index contributed by atoms with van der Waals surface area (Å²) < 4.78 is 0. The predicted molar refractivity (Wildman–Crippen MR) is 115 cm³/mol. The fourth-order valence-electron chi connectivity index (χ4n) is 3.72. The van der Waals surface area contributed by atoms with Crippen LogP contribution in [0.4, 0.5) is 0 Å². The van der Waals surface area contributed by atoms with Crippen LogP contribution in [-0.4, -0.2) is 64.9 Å². The van der Waals surface area contributed by atoms with Crippen LogP contribution in [0.5, 0.6) is 0 Å². The molecule has 1 heterocycles. The molecule has 0 bridgehead atoms. The SMILES string of the molecule is CC(C)C[C@@H]1NCCN([C@@H](Cc2ccccc2)C(=O)N[C@@H](CCC(N)=O)C(=O)O)C1=O. The minimum Gasteiger partial charge on any atom is -0.480 e. The lowest BCUT2D eigenvalue weighted by molar-refractivity contribution is -0.147. The van der Waals surface area contributed by atoms with Crippen LogP contribution < -0.4 is 16.4 Å². The molecule has 0 radical (unpaired) electrons. The average molecular weight is 433 g/mol. The van der Waals surface area contributed by atoms with Crippen LogP contribution in [-0.2, 0) is 25.6 Å². The summed E-state index contributed by atoms with van der Waals surface area (Å²) in [6.07, 6.45) is 0.629. The zero-order chi connectivity index (χ0) is 23.0. The van der Waals surface area contributed by atoms with Gasteiger partial charge in [0.05, 0.1) is 6.04 Å². The number of piperazine rings is 1. The highest BCUT2D eigenvalue weighted by molar-refractivity contribution is 5.92. The average Bonchev–Trinajstić information content (AvgIpc) is 2.71. The number of benzene rings is 1. The molecule has 9 heteroatoms. The van der Waals surface area contributed by atoms with Crippen LogP contribution in [0.3, 0.4) is 0 Å². The number of nitrogens with zero attached hydrogens (tertiary/aromatic N) is 1. The van der Waals surface area contributed by atoms with Gasteiger partial charge in [0, 0.05) is 25.9 Å². The number of carbonyl (C=O) groups excluding carboxylic acids is 3. The van der Waals surface area contributed by atoms with E-state index in [1.54, 1.807) is 4.90 Å². The highest BCUT2D eigenvalue weighted by Crippen LogP contribution is 2.17. The van der Waals surface area contributed by atoms with Gasteiger partial charge in [0.25, 0.3) is 0 Å². The summed E-state index contributed by atoms with van der Waals surface area (Å²) >= 11 is 0. The molecule has 9 nitrogen and oxygen atoms in total. The van der Waals surface area contributed by atoms with Gasteiger partial charge in [-0.05, 0) is 24.3 Å². The van der Waals surface area contributed by atoms with Crippen molar-refractivity contribution in [3.05, 3.63) is 35.9 Å². The van der Waals surface area contributed by atoms with Gasteiger partial charge in [0.2, 0.25) is 17.7 Å². The monoisotopic (exact) mass is 432 g/mol. The predicted octanol–water partition coefficient (Wildman–Crippen LogP) is 0.279. The van der Waals surface area contributed by atoms with Crippen molar-refractivity contribution in [3.8, 4) is 0 Å². The van der Waals surface area contributed by atoms with Crippen molar-refractivity contribution >= 4 is 23.7 Å². The first-order valence-electron chi connectivity index (χ1n) is 10.6. The molecule has 0 aliphatic carbocycles. The van der Waals surface area contributed by atoms with Gasteiger partial charge in [-0.1, -0.05) is 44.2 Å². The molecule has 0 aromatic heterocycles. The van der Waals surface area contributed by atoms with Crippen molar-refractivity contribution in [1.29, 1.82) is 0 Å². The normalized spacial score (nSPS) is 18.5. The van der Waals surface area contributed by atoms with Gasteiger partial charge in [0.15, 0.2) is 0 Å². The summed E-state index contributed by atoms with van der Waals surface area (Å²) in [7, 11) is 0. The van der Waals surface area contributed by atoms with E-state index in [9.17, 15) is 24.3 Å². The molecule has 1 aliphatic rings. The third kappa shape index (κ3) is 7.36. The van der Waals surface area contributed by atoms with Gasteiger partial charge in [-0.25, -0.2) is 4.79 Å². The van der Waals surface area contributed by atoms with Crippen molar-refractivity contribution in [2.24, 2.45) is 11.7 Å². The van der Waals surface area contributed by atoms with Gasteiger partial charge >= 0.3 is 5.97 Å². The molecule has 1 fully saturated rings. The van der Waals surface area contributed by atoms with Gasteiger partial charge in [-0.3, -0.25) is 14.4 Å². The van der Waals surface area contributed by atoms with Crippen molar-refractivity contribution in [2.45, 2.75) is 57.7 Å². The largest absolute Gasteiger partial charge is 0.480 e. The molecule has 1 saturated heterocycles. The van der Waals surface area contributed by atoms with Crippen molar-refractivity contribution < 1.29 is 24.3 Å². The fraction of sp³-hybridized carbons (Fsp3) is 0.545. The van der Waals surface area contributed by atoms with Gasteiger partial charge in [0.1, 0.15) is 12.1 Å². The topological polar surface area (TPSA) is 142 Å². The number of carboxylic acid groups (broad SMARTS) is 1. The highest BCUT2D eigenvalue weighted by Gasteiger charge is 2.37. The van der Waals surface area contributed by atoms with Crippen molar-refractivity contribution in [3.63, 3.8) is 0 Å². The maximum absolute atomic E-state index is 13.2. The van der Waals surface area contributed by atoms with Gasteiger partial charge < -0.3 is 26.4 Å². The molecule has 31 heavy (non-hydrogen) atoms. The smallest absolute Gasteiger partial charge is 0.326 e. The summed E-state index contributed by atoms with van der Waals surface area (Å²) in [5.41, 5.74) is 5.98. The Kier molecular flexibility index (Phi) is 8.99. The van der Waals surface area contributed by atoms with E-state index in [1.807, 2.05) is 44.2 Å². The van der Waals surface area contributed by atoms with Crippen molar-refractivity contribution in [1.82, 2.24) is 15.5 Å². The maximum Gasteiger partial charge on any atom is 0.326 e. The third-order valence-corrected chi connectivity index (χ3v) is 5.28. The zero-order valence-corrected chi connectivity index (χ0v) is 18.0. The van der Waals surface area contributed by atoms with Crippen LogP contribution in [0.2, 0.25) is 0 Å². The number of amides is 3. The molecule has 0 spiro atoms. The Bertz CT molecular complexity index is 783. The molecule has 3 amide bonds. The van der Waals surface area contributed by atoms with E-state index < -0.39 is 29.9 Å². The lowest BCUT2D eigenvalue weighted by Gasteiger charge is -2.38. The number of hydrogen-bond acceptors (Lipinski definition) is 5.